The van der Waals surface area contributed by atoms with Gasteiger partial charge in [-0.1, -0.05) is 12.1 Å². The van der Waals surface area contributed by atoms with Crippen LogP contribution in [0.15, 0.2) is 36.4 Å². The molecule has 4 N–H and O–H groups in total. The number of nitrogens with one attached hydrogen (secondary N) is 2. The minimum atomic E-state index is -4.45. The second-order valence-electron chi connectivity index (χ2n) is 7.71. The predicted octanol–water partition coefficient (Wildman–Crippen LogP) is 4.08. The summed E-state index contributed by atoms with van der Waals surface area (Å²) in [5.74, 6) is 1.08. The number of nitrogens with zero attached hydrogens (tertiary/aromatic N) is 2. The molecule has 2 heterocycles. The topological polar surface area (TPSA) is 85.1 Å². The Morgan fingerprint density at radius 3 is 2.68 bits per heavy atom. The zero-order valence-electron chi connectivity index (χ0n) is 17.3. The molecule has 4 rings (SSSR count). The van der Waals surface area contributed by atoms with E-state index in [1.807, 2.05) is 25.1 Å². The summed E-state index contributed by atoms with van der Waals surface area (Å²) in [6.07, 6.45) is -4.32. The first kappa shape index (κ1) is 21.3. The van der Waals surface area contributed by atoms with Gasteiger partial charge in [-0.25, -0.2) is 0 Å². The van der Waals surface area contributed by atoms with Crippen LogP contribution in [0.4, 0.5) is 19.0 Å². The number of fused-ring (bicyclic) bond motifs is 1. The molecular formula is C22H24F3N5O. The third-order valence-electron chi connectivity index (χ3n) is 5.56. The van der Waals surface area contributed by atoms with Crippen molar-refractivity contribution in [1.82, 2.24) is 15.5 Å². The largest absolute Gasteiger partial charge is 0.489 e. The normalized spacial score (nSPS) is 17.7. The van der Waals surface area contributed by atoms with Crippen molar-refractivity contribution in [2.75, 3.05) is 18.4 Å². The summed E-state index contributed by atoms with van der Waals surface area (Å²) in [4.78, 5) is 0. The summed E-state index contributed by atoms with van der Waals surface area (Å²) in [6, 6.07) is 9.64. The average molecular weight is 431 g/mol. The van der Waals surface area contributed by atoms with Crippen molar-refractivity contribution in [2.24, 2.45) is 5.73 Å². The van der Waals surface area contributed by atoms with Crippen LogP contribution in [-0.4, -0.2) is 29.4 Å². The maximum absolute atomic E-state index is 13.3. The van der Waals surface area contributed by atoms with Crippen LogP contribution < -0.4 is 21.1 Å². The summed E-state index contributed by atoms with van der Waals surface area (Å²) in [5.41, 5.74) is 6.71. The number of nitrogens with two attached hydrogens (primary N) is 1. The summed E-state index contributed by atoms with van der Waals surface area (Å²) < 4.78 is 45.9. The molecule has 2 atom stereocenters. The van der Waals surface area contributed by atoms with Gasteiger partial charge >= 0.3 is 6.18 Å². The highest BCUT2D eigenvalue weighted by atomic mass is 19.4. The molecule has 164 valence electrons. The smallest absolute Gasteiger partial charge is 0.416 e. The second-order valence-corrected chi connectivity index (χ2v) is 7.71. The van der Waals surface area contributed by atoms with Gasteiger partial charge in [0.2, 0.25) is 0 Å². The fourth-order valence-electron chi connectivity index (χ4n) is 3.89. The zero-order valence-corrected chi connectivity index (χ0v) is 17.3. The Labute approximate surface area is 178 Å². The minimum Gasteiger partial charge on any atom is -0.489 e. The van der Waals surface area contributed by atoms with Gasteiger partial charge in [-0.15, -0.1) is 5.10 Å². The van der Waals surface area contributed by atoms with E-state index in [-0.39, 0.29) is 11.7 Å². The van der Waals surface area contributed by atoms with Gasteiger partial charge in [0.15, 0.2) is 5.82 Å². The molecule has 2 aromatic carbocycles. The fraction of sp³-hybridized carbons (Fsp3) is 0.364. The Morgan fingerprint density at radius 1 is 1.16 bits per heavy atom. The number of hydrogen-bond acceptors (Lipinski definition) is 6. The number of alkyl halides is 3. The molecular weight excluding hydrogens is 407 g/mol. The van der Waals surface area contributed by atoms with Crippen molar-refractivity contribution in [1.29, 1.82) is 0 Å². The summed E-state index contributed by atoms with van der Waals surface area (Å²) in [7, 11) is 0. The van der Waals surface area contributed by atoms with Crippen LogP contribution in [-0.2, 0) is 6.18 Å². The van der Waals surface area contributed by atoms with Crippen LogP contribution in [0.25, 0.3) is 10.8 Å². The average Bonchev–Trinajstić information content (AvgIpc) is 3.22. The van der Waals surface area contributed by atoms with Crippen molar-refractivity contribution in [3.8, 4) is 5.75 Å². The summed E-state index contributed by atoms with van der Waals surface area (Å²) >= 11 is 0. The lowest BCUT2D eigenvalue weighted by Gasteiger charge is -2.21. The first-order chi connectivity index (χ1) is 14.7. The van der Waals surface area contributed by atoms with Crippen LogP contribution in [0, 0.1) is 13.8 Å². The molecule has 9 heteroatoms. The molecule has 0 amide bonds. The molecule has 0 radical (unpaired) electrons. The molecule has 0 saturated carbocycles. The minimum absolute atomic E-state index is 0.0807. The first-order valence-electron chi connectivity index (χ1n) is 10.1. The van der Waals surface area contributed by atoms with E-state index in [0.29, 0.717) is 17.1 Å². The number of benzene rings is 2. The van der Waals surface area contributed by atoms with Crippen LogP contribution in [0.1, 0.15) is 35.0 Å². The number of halogens is 3. The van der Waals surface area contributed by atoms with Gasteiger partial charge in [0.1, 0.15) is 18.0 Å². The molecule has 3 aromatic rings. The van der Waals surface area contributed by atoms with Crippen LogP contribution >= 0.6 is 0 Å². The molecule has 6 nitrogen and oxygen atoms in total. The van der Waals surface area contributed by atoms with E-state index in [1.54, 1.807) is 6.07 Å². The maximum Gasteiger partial charge on any atom is 0.416 e. The van der Waals surface area contributed by atoms with Gasteiger partial charge in [-0.2, -0.15) is 18.3 Å². The molecule has 31 heavy (non-hydrogen) atoms. The summed E-state index contributed by atoms with van der Waals surface area (Å²) in [6.45, 7) is 4.97. The molecule has 1 fully saturated rings. The lowest BCUT2D eigenvalue weighted by atomic mass is 10.00. The Bertz CT molecular complexity index is 1100. The van der Waals surface area contributed by atoms with Crippen LogP contribution in [0.2, 0.25) is 0 Å². The predicted molar refractivity (Wildman–Crippen MR) is 113 cm³/mol. The third-order valence-corrected chi connectivity index (χ3v) is 5.56. The molecule has 1 saturated heterocycles. The van der Waals surface area contributed by atoms with Crippen molar-refractivity contribution >= 4 is 16.6 Å². The van der Waals surface area contributed by atoms with Crippen molar-refractivity contribution in [2.45, 2.75) is 38.7 Å². The highest BCUT2D eigenvalue weighted by Gasteiger charge is 2.33. The highest BCUT2D eigenvalue weighted by molar-refractivity contribution is 5.94. The van der Waals surface area contributed by atoms with E-state index in [0.717, 1.165) is 42.0 Å². The third kappa shape index (κ3) is 4.42. The highest BCUT2D eigenvalue weighted by Crippen LogP contribution is 2.35. The molecule has 0 unspecified atom stereocenters. The molecule has 0 spiro atoms. The number of rotatable bonds is 5. The lowest BCUT2D eigenvalue weighted by Crippen LogP contribution is -2.23. The second kappa shape index (κ2) is 8.32. The first-order valence-corrected chi connectivity index (χ1v) is 10.1. The van der Waals surface area contributed by atoms with Crippen molar-refractivity contribution in [3.63, 3.8) is 0 Å². The number of hydrogen-bond donors (Lipinski definition) is 3. The molecule has 1 aliphatic rings. The van der Waals surface area contributed by atoms with Crippen LogP contribution in [0.3, 0.4) is 0 Å². The molecule has 1 aromatic heterocycles. The Morgan fingerprint density at radius 2 is 1.97 bits per heavy atom. The van der Waals surface area contributed by atoms with Gasteiger partial charge in [0.05, 0.1) is 11.3 Å². The SMILES string of the molecule is Cc1c([C@@H](N)Nc2nnc(C)c3ccc(O[C@H]4CCNC4)cc23)cccc1C(F)(F)F. The maximum atomic E-state index is 13.3. The number of anilines is 1. The Hall–Kier alpha value is -2.91. The van der Waals surface area contributed by atoms with Gasteiger partial charge in [-0.05, 0) is 62.2 Å². The standard InChI is InChI=1S/C22H24F3N5O/c1-12-16(4-3-5-19(12)22(23,24)25)20(26)28-21-18-10-14(31-15-8-9-27-11-15)6-7-17(18)13(2)29-30-21/h3-7,10,15,20,27H,8-9,11,26H2,1-2H3,(H,28,30)/t15-,20-/m0/s1. The van der Waals surface area contributed by atoms with Crippen molar-refractivity contribution < 1.29 is 17.9 Å². The number of aryl methyl sites for hydroxylation is 1. The van der Waals surface area contributed by atoms with E-state index in [9.17, 15) is 13.2 Å². The Balaban J connectivity index is 1.67. The van der Waals surface area contributed by atoms with Crippen LogP contribution in [0.5, 0.6) is 5.75 Å². The fourth-order valence-corrected chi connectivity index (χ4v) is 3.89. The summed E-state index contributed by atoms with van der Waals surface area (Å²) in [5, 5.41) is 16.3. The lowest BCUT2D eigenvalue weighted by molar-refractivity contribution is -0.138. The van der Waals surface area contributed by atoms with Gasteiger partial charge in [0, 0.05) is 17.3 Å². The Kier molecular flexibility index (Phi) is 5.72. The van der Waals surface area contributed by atoms with E-state index in [1.165, 1.54) is 13.0 Å². The van der Waals surface area contributed by atoms with E-state index < -0.39 is 17.9 Å². The van der Waals surface area contributed by atoms with E-state index in [2.05, 4.69) is 20.8 Å². The molecule has 1 aliphatic heterocycles. The van der Waals surface area contributed by atoms with Gasteiger partial charge in [-0.3, -0.25) is 0 Å². The van der Waals surface area contributed by atoms with E-state index in [4.69, 9.17) is 10.5 Å². The quantitative estimate of drug-likeness (QED) is 0.528. The van der Waals surface area contributed by atoms with E-state index >= 15 is 0 Å². The monoisotopic (exact) mass is 431 g/mol. The zero-order chi connectivity index (χ0) is 22.2. The molecule has 0 bridgehead atoms. The van der Waals surface area contributed by atoms with Gasteiger partial charge in [0.25, 0.3) is 0 Å². The number of aromatic nitrogens is 2. The van der Waals surface area contributed by atoms with Gasteiger partial charge < -0.3 is 21.1 Å². The number of ether oxygens (including phenoxy) is 1. The van der Waals surface area contributed by atoms with Crippen molar-refractivity contribution in [3.05, 3.63) is 58.8 Å². The molecule has 0 aliphatic carbocycles.